The monoisotopic (exact) mass is 246 g/mol. The summed E-state index contributed by atoms with van der Waals surface area (Å²) in [7, 11) is 0. The van der Waals surface area contributed by atoms with E-state index in [1.165, 1.54) is 0 Å². The van der Waals surface area contributed by atoms with Gasteiger partial charge in [0.1, 0.15) is 23.4 Å². The van der Waals surface area contributed by atoms with E-state index in [4.69, 9.17) is 4.74 Å². The van der Waals surface area contributed by atoms with Crippen LogP contribution in [0.4, 0.5) is 0 Å². The van der Waals surface area contributed by atoms with Crippen LogP contribution >= 0.6 is 0 Å². The van der Waals surface area contributed by atoms with Crippen molar-refractivity contribution in [1.29, 1.82) is 0 Å². The van der Waals surface area contributed by atoms with Crippen molar-refractivity contribution in [3.63, 3.8) is 0 Å². The van der Waals surface area contributed by atoms with Gasteiger partial charge in [-0.3, -0.25) is 4.79 Å². The Hall–Kier alpha value is -1.51. The van der Waals surface area contributed by atoms with Crippen LogP contribution in [-0.4, -0.2) is 17.0 Å². The summed E-state index contributed by atoms with van der Waals surface area (Å²) < 4.78 is 5.99. The van der Waals surface area contributed by atoms with Crippen LogP contribution in [0.15, 0.2) is 12.1 Å². The minimum atomic E-state index is -0.00124. The average molecular weight is 246 g/mol. The fourth-order valence-corrected chi connectivity index (χ4v) is 3.17. The number of phenols is 1. The highest BCUT2D eigenvalue weighted by Gasteiger charge is 2.40. The summed E-state index contributed by atoms with van der Waals surface area (Å²) in [6.07, 6.45) is 3.94. The van der Waals surface area contributed by atoms with Gasteiger partial charge in [0.2, 0.25) is 0 Å². The van der Waals surface area contributed by atoms with Crippen molar-refractivity contribution in [3.05, 3.63) is 23.3 Å². The zero-order valence-electron chi connectivity index (χ0n) is 10.6. The Balaban J connectivity index is 2.00. The standard InChI is InChI=1S/C15H18O3/c1-2-3-9-6-11(17)7-13-12-5-4-10(16)8-14(12)18-15(9)13/h6-7,12,14,17H,2-5,8H2,1H3. The second-order valence-electron chi connectivity index (χ2n) is 5.32. The number of carbonyl (C=O) groups excluding carboxylic acids is 1. The van der Waals surface area contributed by atoms with Crippen LogP contribution in [0.2, 0.25) is 0 Å². The first kappa shape index (κ1) is 11.6. The Morgan fingerprint density at radius 1 is 1.44 bits per heavy atom. The Bertz CT molecular complexity index is 493. The molecule has 3 nitrogen and oxygen atoms in total. The lowest BCUT2D eigenvalue weighted by Gasteiger charge is -2.22. The molecule has 0 radical (unpaired) electrons. The molecule has 0 amide bonds. The fraction of sp³-hybridized carbons (Fsp3) is 0.533. The summed E-state index contributed by atoms with van der Waals surface area (Å²) in [5.41, 5.74) is 2.19. The molecule has 18 heavy (non-hydrogen) atoms. The van der Waals surface area contributed by atoms with Crippen LogP contribution in [0.3, 0.4) is 0 Å². The maximum atomic E-state index is 11.5. The van der Waals surface area contributed by atoms with Gasteiger partial charge in [-0.2, -0.15) is 0 Å². The number of hydrogen-bond acceptors (Lipinski definition) is 3. The summed E-state index contributed by atoms with van der Waals surface area (Å²) >= 11 is 0. The van der Waals surface area contributed by atoms with Gasteiger partial charge < -0.3 is 9.84 Å². The van der Waals surface area contributed by atoms with Crippen molar-refractivity contribution >= 4 is 5.78 Å². The second kappa shape index (κ2) is 4.30. The number of phenolic OH excluding ortho intramolecular Hbond substituents is 1. The van der Waals surface area contributed by atoms with Crippen molar-refractivity contribution in [2.24, 2.45) is 0 Å². The molecule has 2 aliphatic rings. The molecule has 1 aromatic rings. The Morgan fingerprint density at radius 3 is 3.06 bits per heavy atom. The number of hydrogen-bond donors (Lipinski definition) is 1. The first-order chi connectivity index (χ1) is 8.69. The number of benzene rings is 1. The quantitative estimate of drug-likeness (QED) is 0.872. The molecule has 1 N–H and O–H groups in total. The first-order valence-electron chi connectivity index (χ1n) is 6.73. The van der Waals surface area contributed by atoms with Gasteiger partial charge in [0, 0.05) is 24.3 Å². The summed E-state index contributed by atoms with van der Waals surface area (Å²) in [6, 6.07) is 3.61. The zero-order chi connectivity index (χ0) is 12.7. The Kier molecular flexibility index (Phi) is 2.77. The molecule has 3 heteroatoms. The van der Waals surface area contributed by atoms with Gasteiger partial charge in [-0.05, 0) is 30.5 Å². The normalized spacial score (nSPS) is 25.5. The Labute approximate surface area is 107 Å². The van der Waals surface area contributed by atoms with Crippen LogP contribution in [0, 0.1) is 0 Å². The summed E-state index contributed by atoms with van der Waals surface area (Å²) in [5.74, 6) is 1.84. The number of carbonyl (C=O) groups is 1. The van der Waals surface area contributed by atoms with E-state index in [2.05, 4.69) is 6.92 Å². The van der Waals surface area contributed by atoms with E-state index in [9.17, 15) is 9.90 Å². The van der Waals surface area contributed by atoms with Crippen molar-refractivity contribution in [3.8, 4) is 11.5 Å². The van der Waals surface area contributed by atoms with Gasteiger partial charge in [-0.25, -0.2) is 0 Å². The summed E-state index contributed by atoms with van der Waals surface area (Å²) in [6.45, 7) is 2.11. The third-order valence-electron chi connectivity index (χ3n) is 3.98. The van der Waals surface area contributed by atoms with Crippen LogP contribution in [-0.2, 0) is 11.2 Å². The number of fused-ring (bicyclic) bond motifs is 3. The van der Waals surface area contributed by atoms with Crippen LogP contribution in [0.5, 0.6) is 11.5 Å². The molecule has 1 fully saturated rings. The average Bonchev–Trinajstić information content (AvgIpc) is 2.67. The van der Waals surface area contributed by atoms with Crippen molar-refractivity contribution in [2.45, 2.75) is 51.0 Å². The van der Waals surface area contributed by atoms with Crippen molar-refractivity contribution < 1.29 is 14.6 Å². The predicted octanol–water partition coefficient (Wildman–Crippen LogP) is 2.94. The van der Waals surface area contributed by atoms with Gasteiger partial charge in [0.25, 0.3) is 0 Å². The van der Waals surface area contributed by atoms with E-state index in [1.54, 1.807) is 6.07 Å². The van der Waals surface area contributed by atoms with Gasteiger partial charge in [0.05, 0.1) is 0 Å². The van der Waals surface area contributed by atoms with Gasteiger partial charge >= 0.3 is 0 Å². The van der Waals surface area contributed by atoms with Crippen molar-refractivity contribution in [1.82, 2.24) is 0 Å². The molecule has 0 saturated heterocycles. The van der Waals surface area contributed by atoms with E-state index in [0.717, 1.165) is 36.1 Å². The molecule has 0 spiro atoms. The molecule has 0 aromatic heterocycles. The molecular formula is C15H18O3. The molecule has 1 aliphatic heterocycles. The summed E-state index contributed by atoms with van der Waals surface area (Å²) in [4.78, 5) is 11.5. The minimum absolute atomic E-state index is 0.00124. The highest BCUT2D eigenvalue weighted by atomic mass is 16.5. The van der Waals surface area contributed by atoms with Crippen LogP contribution in [0.1, 0.15) is 49.7 Å². The number of aryl methyl sites for hydroxylation is 1. The molecule has 1 aromatic carbocycles. The Morgan fingerprint density at radius 2 is 2.28 bits per heavy atom. The SMILES string of the molecule is CCCc1cc(O)cc2c1OC1CC(=O)CCC21. The lowest BCUT2D eigenvalue weighted by atomic mass is 9.82. The van der Waals surface area contributed by atoms with Crippen molar-refractivity contribution in [2.75, 3.05) is 0 Å². The fourth-order valence-electron chi connectivity index (χ4n) is 3.17. The predicted molar refractivity (Wildman–Crippen MR) is 68.1 cm³/mol. The maximum absolute atomic E-state index is 11.5. The lowest BCUT2D eigenvalue weighted by Crippen LogP contribution is -2.27. The van der Waals surface area contributed by atoms with E-state index in [1.807, 2.05) is 6.07 Å². The maximum Gasteiger partial charge on any atom is 0.136 e. The minimum Gasteiger partial charge on any atom is -0.508 e. The van der Waals surface area contributed by atoms with E-state index in [-0.39, 0.29) is 6.10 Å². The molecule has 1 heterocycles. The number of aromatic hydroxyl groups is 1. The van der Waals surface area contributed by atoms with E-state index >= 15 is 0 Å². The van der Waals surface area contributed by atoms with Gasteiger partial charge in [-0.15, -0.1) is 0 Å². The van der Waals surface area contributed by atoms with Crippen LogP contribution in [0.25, 0.3) is 0 Å². The van der Waals surface area contributed by atoms with Crippen LogP contribution < -0.4 is 4.74 Å². The zero-order valence-corrected chi connectivity index (χ0v) is 10.6. The molecule has 1 saturated carbocycles. The molecule has 0 bridgehead atoms. The number of Topliss-reactive ketones (excluding diaryl/α,β-unsaturated/α-hetero) is 1. The first-order valence-corrected chi connectivity index (χ1v) is 6.73. The molecule has 2 unspecified atom stereocenters. The summed E-state index contributed by atoms with van der Waals surface area (Å²) in [5, 5.41) is 9.82. The lowest BCUT2D eigenvalue weighted by molar-refractivity contribution is -0.122. The highest BCUT2D eigenvalue weighted by Crippen LogP contribution is 2.48. The van der Waals surface area contributed by atoms with E-state index in [0.29, 0.717) is 30.3 Å². The topological polar surface area (TPSA) is 46.5 Å². The molecule has 1 aliphatic carbocycles. The van der Waals surface area contributed by atoms with Gasteiger partial charge in [0.15, 0.2) is 0 Å². The van der Waals surface area contributed by atoms with Gasteiger partial charge in [-0.1, -0.05) is 13.3 Å². The number of ether oxygens (including phenoxy) is 1. The highest BCUT2D eigenvalue weighted by molar-refractivity contribution is 5.80. The second-order valence-corrected chi connectivity index (χ2v) is 5.32. The molecule has 3 rings (SSSR count). The third kappa shape index (κ3) is 1.78. The molecular weight excluding hydrogens is 228 g/mol. The number of ketones is 1. The van der Waals surface area contributed by atoms with E-state index < -0.39 is 0 Å². The smallest absolute Gasteiger partial charge is 0.136 e. The molecule has 96 valence electrons. The third-order valence-corrected chi connectivity index (χ3v) is 3.98. The largest absolute Gasteiger partial charge is 0.508 e. The molecule has 2 atom stereocenters. The number of rotatable bonds is 2.